The highest BCUT2D eigenvalue weighted by Gasteiger charge is 2.45. The second kappa shape index (κ2) is 9.18. The van der Waals surface area contributed by atoms with Crippen LogP contribution in [0.4, 0.5) is 0 Å². The molecule has 0 radical (unpaired) electrons. The van der Waals surface area contributed by atoms with Crippen LogP contribution in [0.15, 0.2) is 53.4 Å². The van der Waals surface area contributed by atoms with E-state index in [2.05, 4.69) is 0 Å². The van der Waals surface area contributed by atoms with Crippen LogP contribution in [-0.4, -0.2) is 45.5 Å². The van der Waals surface area contributed by atoms with Gasteiger partial charge in [-0.3, -0.25) is 4.79 Å². The molecule has 2 aromatic rings. The molecule has 1 aliphatic rings. The highest BCUT2D eigenvalue weighted by molar-refractivity contribution is 7.89. The van der Waals surface area contributed by atoms with Crippen LogP contribution >= 0.6 is 0 Å². The zero-order valence-electron chi connectivity index (χ0n) is 17.8. The van der Waals surface area contributed by atoms with Gasteiger partial charge in [0.1, 0.15) is 5.75 Å². The number of sulfonamides is 1. The van der Waals surface area contributed by atoms with Gasteiger partial charge in [0.25, 0.3) is 0 Å². The molecule has 0 aliphatic carbocycles. The van der Waals surface area contributed by atoms with E-state index in [1.165, 1.54) is 4.31 Å². The minimum atomic E-state index is -3.58. The Balaban J connectivity index is 1.80. The number of piperidine rings is 1. The zero-order chi connectivity index (χ0) is 21.8. The van der Waals surface area contributed by atoms with E-state index < -0.39 is 15.4 Å². The number of aryl methyl sites for hydroxylation is 1. The van der Waals surface area contributed by atoms with Gasteiger partial charge >= 0.3 is 5.97 Å². The van der Waals surface area contributed by atoms with Gasteiger partial charge in [-0.1, -0.05) is 29.8 Å². The number of carbonyl (C=O) groups is 1. The van der Waals surface area contributed by atoms with Crippen molar-refractivity contribution in [1.82, 2.24) is 4.31 Å². The molecule has 0 aromatic heterocycles. The molecule has 0 unspecified atom stereocenters. The van der Waals surface area contributed by atoms with E-state index >= 15 is 0 Å². The molecular formula is C23H29NO5S. The number of hydrogen-bond donors (Lipinski definition) is 0. The van der Waals surface area contributed by atoms with Crippen molar-refractivity contribution in [3.05, 3.63) is 59.7 Å². The van der Waals surface area contributed by atoms with Gasteiger partial charge < -0.3 is 9.47 Å². The van der Waals surface area contributed by atoms with Crippen LogP contribution in [0, 0.1) is 12.3 Å². The van der Waals surface area contributed by atoms with E-state index in [1.807, 2.05) is 31.2 Å². The maximum absolute atomic E-state index is 13.0. The molecule has 0 saturated carbocycles. The van der Waals surface area contributed by atoms with Crippen molar-refractivity contribution in [2.75, 3.05) is 26.8 Å². The third-order valence-corrected chi connectivity index (χ3v) is 7.66. The minimum absolute atomic E-state index is 0.256. The summed E-state index contributed by atoms with van der Waals surface area (Å²) in [4.78, 5) is 13.2. The molecule has 0 bridgehead atoms. The summed E-state index contributed by atoms with van der Waals surface area (Å²) in [6.07, 6.45) is 1.35. The Hall–Kier alpha value is -2.38. The van der Waals surface area contributed by atoms with Gasteiger partial charge in [-0.15, -0.1) is 0 Å². The molecule has 3 rings (SSSR count). The van der Waals surface area contributed by atoms with Crippen LogP contribution in [0.1, 0.15) is 30.9 Å². The Kier molecular flexibility index (Phi) is 6.83. The SMILES string of the molecule is CCOC(=O)C1(Cc2ccc(OC)cc2)CCN(S(=O)(=O)c2ccc(C)cc2)CC1. The first-order valence-electron chi connectivity index (χ1n) is 10.2. The molecule has 1 saturated heterocycles. The third-order valence-electron chi connectivity index (χ3n) is 5.75. The molecule has 0 amide bonds. The Labute approximate surface area is 178 Å². The summed E-state index contributed by atoms with van der Waals surface area (Å²) < 4.78 is 38.1. The average molecular weight is 432 g/mol. The van der Waals surface area contributed by atoms with E-state index in [0.29, 0.717) is 25.9 Å². The molecule has 162 valence electrons. The van der Waals surface area contributed by atoms with E-state index in [4.69, 9.17) is 9.47 Å². The highest BCUT2D eigenvalue weighted by Crippen LogP contribution is 2.38. The van der Waals surface area contributed by atoms with Crippen molar-refractivity contribution in [3.8, 4) is 5.75 Å². The Morgan fingerprint density at radius 1 is 1.03 bits per heavy atom. The average Bonchev–Trinajstić information content (AvgIpc) is 2.75. The van der Waals surface area contributed by atoms with Crippen molar-refractivity contribution in [1.29, 1.82) is 0 Å². The largest absolute Gasteiger partial charge is 0.497 e. The quantitative estimate of drug-likeness (QED) is 0.627. The van der Waals surface area contributed by atoms with Crippen molar-refractivity contribution in [2.45, 2.75) is 38.0 Å². The molecule has 1 aliphatic heterocycles. The predicted octanol–water partition coefficient (Wildman–Crippen LogP) is 3.58. The normalized spacial score (nSPS) is 16.8. The van der Waals surface area contributed by atoms with E-state index in [0.717, 1.165) is 16.9 Å². The van der Waals surface area contributed by atoms with Gasteiger partial charge in [0.2, 0.25) is 10.0 Å². The maximum atomic E-state index is 13.0. The zero-order valence-corrected chi connectivity index (χ0v) is 18.6. The van der Waals surface area contributed by atoms with E-state index in [9.17, 15) is 13.2 Å². The van der Waals surface area contributed by atoms with Crippen LogP contribution in [-0.2, 0) is 26.0 Å². The first kappa shape index (κ1) is 22.3. The molecule has 0 spiro atoms. The first-order valence-corrected chi connectivity index (χ1v) is 11.6. The fraction of sp³-hybridized carbons (Fsp3) is 0.435. The highest BCUT2D eigenvalue weighted by atomic mass is 32.2. The number of hydrogen-bond acceptors (Lipinski definition) is 5. The van der Waals surface area contributed by atoms with Crippen molar-refractivity contribution in [2.24, 2.45) is 5.41 Å². The lowest BCUT2D eigenvalue weighted by Gasteiger charge is -2.39. The summed E-state index contributed by atoms with van der Waals surface area (Å²) in [7, 11) is -1.97. The number of esters is 1. The second-order valence-corrected chi connectivity index (χ2v) is 9.68. The molecule has 0 atom stereocenters. The number of rotatable bonds is 7. The number of carbonyl (C=O) groups excluding carboxylic acids is 1. The predicted molar refractivity (Wildman–Crippen MR) is 115 cm³/mol. The Morgan fingerprint density at radius 2 is 1.63 bits per heavy atom. The molecule has 1 heterocycles. The Morgan fingerprint density at radius 3 is 2.17 bits per heavy atom. The molecule has 1 fully saturated rings. The number of benzene rings is 2. The van der Waals surface area contributed by atoms with Crippen molar-refractivity contribution >= 4 is 16.0 Å². The summed E-state index contributed by atoms with van der Waals surface area (Å²) >= 11 is 0. The summed E-state index contributed by atoms with van der Waals surface area (Å²) in [5.74, 6) is 0.496. The van der Waals surface area contributed by atoms with Crippen LogP contribution in [0.2, 0.25) is 0 Å². The van der Waals surface area contributed by atoms with Gasteiger partial charge in [-0.25, -0.2) is 8.42 Å². The monoisotopic (exact) mass is 431 g/mol. The third kappa shape index (κ3) is 4.68. The summed E-state index contributed by atoms with van der Waals surface area (Å²) in [5, 5.41) is 0. The Bertz CT molecular complexity index is 960. The summed E-state index contributed by atoms with van der Waals surface area (Å²) in [6, 6.07) is 14.5. The smallest absolute Gasteiger partial charge is 0.312 e. The fourth-order valence-electron chi connectivity index (χ4n) is 3.89. The lowest BCUT2D eigenvalue weighted by Crippen LogP contribution is -2.48. The molecule has 2 aromatic carbocycles. The van der Waals surface area contributed by atoms with Crippen molar-refractivity contribution < 1.29 is 22.7 Å². The van der Waals surface area contributed by atoms with Gasteiger partial charge in [-0.2, -0.15) is 4.31 Å². The molecule has 0 N–H and O–H groups in total. The van der Waals surface area contributed by atoms with E-state index in [1.54, 1.807) is 38.3 Å². The van der Waals surface area contributed by atoms with Crippen LogP contribution in [0.25, 0.3) is 0 Å². The standard InChI is InChI=1S/C23H29NO5S/c1-4-29-22(25)23(17-19-7-9-20(28-3)10-8-19)13-15-24(16-14-23)30(26,27)21-11-5-18(2)6-12-21/h5-12H,4,13-17H2,1-3H3. The lowest BCUT2D eigenvalue weighted by molar-refractivity contribution is -0.158. The first-order chi connectivity index (χ1) is 14.3. The van der Waals surface area contributed by atoms with Crippen molar-refractivity contribution in [3.63, 3.8) is 0 Å². The molecule has 7 heteroatoms. The minimum Gasteiger partial charge on any atom is -0.497 e. The number of methoxy groups -OCH3 is 1. The maximum Gasteiger partial charge on any atom is 0.312 e. The van der Waals surface area contributed by atoms with Gasteiger partial charge in [0, 0.05) is 13.1 Å². The van der Waals surface area contributed by atoms with Crippen LogP contribution in [0.5, 0.6) is 5.75 Å². The molecular weight excluding hydrogens is 402 g/mol. The van der Waals surface area contributed by atoms with Gasteiger partial charge in [0.05, 0.1) is 24.0 Å². The molecule has 6 nitrogen and oxygen atoms in total. The van der Waals surface area contributed by atoms with E-state index in [-0.39, 0.29) is 24.0 Å². The summed E-state index contributed by atoms with van der Waals surface area (Å²) in [6.45, 7) is 4.57. The number of nitrogens with zero attached hydrogens (tertiary/aromatic N) is 1. The van der Waals surface area contributed by atoms with Crippen LogP contribution in [0.3, 0.4) is 0 Å². The lowest BCUT2D eigenvalue weighted by atomic mass is 9.74. The topological polar surface area (TPSA) is 72.9 Å². The fourth-order valence-corrected chi connectivity index (χ4v) is 5.33. The van der Waals surface area contributed by atoms with Gasteiger partial charge in [-0.05, 0) is 62.9 Å². The van der Waals surface area contributed by atoms with Crippen LogP contribution < -0.4 is 4.74 Å². The number of ether oxygens (including phenoxy) is 2. The second-order valence-electron chi connectivity index (χ2n) is 7.74. The summed E-state index contributed by atoms with van der Waals surface area (Å²) in [5.41, 5.74) is 1.27. The van der Waals surface area contributed by atoms with Gasteiger partial charge in [0.15, 0.2) is 0 Å². The molecule has 30 heavy (non-hydrogen) atoms.